The van der Waals surface area contributed by atoms with E-state index in [1.165, 1.54) is 0 Å². The van der Waals surface area contributed by atoms with Crippen molar-refractivity contribution < 1.29 is 10.2 Å². The zero-order chi connectivity index (χ0) is 17.6. The van der Waals surface area contributed by atoms with Crippen molar-refractivity contribution in [3.63, 3.8) is 0 Å². The molecular formula is C14H30N6O2. The molecule has 8 nitrogen and oxygen atoms in total. The number of nitrogens with zero attached hydrogens (tertiary/aromatic N) is 4. The van der Waals surface area contributed by atoms with Gasteiger partial charge in [-0.1, -0.05) is 0 Å². The number of likely N-dealkylation sites (N-methyl/N-ethyl adjacent to an activating group) is 2. The maximum atomic E-state index is 8.95. The number of rotatable bonds is 8. The van der Waals surface area contributed by atoms with Crippen LogP contribution in [0.25, 0.3) is 0 Å². The summed E-state index contributed by atoms with van der Waals surface area (Å²) >= 11 is 0. The first-order chi connectivity index (χ1) is 9.99. The van der Waals surface area contributed by atoms with Crippen LogP contribution in [0.3, 0.4) is 0 Å². The Bertz CT molecular complexity index is 382. The van der Waals surface area contributed by atoms with Crippen molar-refractivity contribution in [3.8, 4) is 0 Å². The Morgan fingerprint density at radius 3 is 1.32 bits per heavy atom. The molecule has 4 N–H and O–H groups in total. The van der Waals surface area contributed by atoms with E-state index in [4.69, 9.17) is 21.0 Å². The zero-order valence-corrected chi connectivity index (χ0v) is 14.5. The van der Waals surface area contributed by atoms with Gasteiger partial charge in [0.1, 0.15) is 22.7 Å². The zero-order valence-electron chi connectivity index (χ0n) is 14.5. The minimum Gasteiger partial charge on any atom is -0.395 e. The lowest BCUT2D eigenvalue weighted by Gasteiger charge is -2.31. The van der Waals surface area contributed by atoms with Crippen molar-refractivity contribution in [1.29, 1.82) is 10.8 Å². The van der Waals surface area contributed by atoms with Gasteiger partial charge in [-0.05, 0) is 27.7 Å². The highest BCUT2D eigenvalue weighted by atomic mass is 16.3. The maximum Gasteiger partial charge on any atom is 0.132 e. The molecule has 0 aliphatic rings. The third kappa shape index (κ3) is 5.69. The monoisotopic (exact) mass is 314 g/mol. The highest BCUT2D eigenvalue weighted by Gasteiger charge is 2.31. The average molecular weight is 314 g/mol. The number of aliphatic hydroxyl groups excluding tert-OH is 2. The third-order valence-corrected chi connectivity index (χ3v) is 3.34. The standard InChI is InChI=1S/C14H30N6O2/c1-13(2,11(15)19(5)7-9-21)17-18-14(3,4)12(16)20(6)8-10-22/h15-16,21-22H,7-10H2,1-6H3. The smallest absolute Gasteiger partial charge is 0.132 e. The Hall–Kier alpha value is -1.54. The van der Waals surface area contributed by atoms with Crippen LogP contribution in [0.15, 0.2) is 10.2 Å². The van der Waals surface area contributed by atoms with Gasteiger partial charge in [0.25, 0.3) is 0 Å². The third-order valence-electron chi connectivity index (χ3n) is 3.34. The summed E-state index contributed by atoms with van der Waals surface area (Å²) in [6, 6.07) is 0. The molecule has 0 fully saturated rings. The van der Waals surface area contributed by atoms with E-state index in [0.29, 0.717) is 13.1 Å². The molecular weight excluding hydrogens is 284 g/mol. The normalized spacial score (nSPS) is 12.5. The summed E-state index contributed by atoms with van der Waals surface area (Å²) in [6.07, 6.45) is 0. The minimum absolute atomic E-state index is 0.0335. The first kappa shape index (κ1) is 20.5. The molecule has 0 spiro atoms. The number of azo groups is 1. The van der Waals surface area contributed by atoms with Crippen molar-refractivity contribution in [2.45, 2.75) is 38.8 Å². The summed E-state index contributed by atoms with van der Waals surface area (Å²) in [4.78, 5) is 3.24. The van der Waals surface area contributed by atoms with Gasteiger partial charge in [0.15, 0.2) is 0 Å². The molecule has 0 saturated carbocycles. The van der Waals surface area contributed by atoms with Gasteiger partial charge in [0.2, 0.25) is 0 Å². The Morgan fingerprint density at radius 1 is 0.818 bits per heavy atom. The lowest BCUT2D eigenvalue weighted by Crippen LogP contribution is -2.45. The second-order valence-electron chi connectivity index (χ2n) is 6.31. The molecule has 0 heterocycles. The fourth-order valence-corrected chi connectivity index (χ4v) is 1.80. The second kappa shape index (κ2) is 8.19. The average Bonchev–Trinajstić information content (AvgIpc) is 2.44. The minimum atomic E-state index is -0.850. The summed E-state index contributed by atoms with van der Waals surface area (Å²) < 4.78 is 0. The van der Waals surface area contributed by atoms with Gasteiger partial charge >= 0.3 is 0 Å². The molecule has 0 aromatic carbocycles. The molecule has 0 rings (SSSR count). The number of hydrogen-bond acceptors (Lipinski definition) is 6. The van der Waals surface area contributed by atoms with E-state index < -0.39 is 11.1 Å². The Balaban J connectivity index is 5.06. The molecule has 0 aromatic heterocycles. The van der Waals surface area contributed by atoms with Gasteiger partial charge in [0.05, 0.1) is 13.2 Å². The molecule has 0 aliphatic heterocycles. The molecule has 0 amide bonds. The van der Waals surface area contributed by atoms with Crippen LogP contribution in [0, 0.1) is 10.8 Å². The number of aliphatic hydroxyl groups is 2. The second-order valence-corrected chi connectivity index (χ2v) is 6.31. The lowest BCUT2D eigenvalue weighted by atomic mass is 10.0. The molecule has 0 bridgehead atoms. The molecule has 0 unspecified atom stereocenters. The number of nitrogens with one attached hydrogen (secondary N) is 2. The summed E-state index contributed by atoms with van der Waals surface area (Å²) in [7, 11) is 3.44. The van der Waals surface area contributed by atoms with Gasteiger partial charge in [-0.3, -0.25) is 10.8 Å². The maximum absolute atomic E-state index is 8.95. The summed E-state index contributed by atoms with van der Waals surface area (Å²) in [6.45, 7) is 7.72. The van der Waals surface area contributed by atoms with Crippen LogP contribution < -0.4 is 0 Å². The topological polar surface area (TPSA) is 119 Å². The van der Waals surface area contributed by atoms with Crippen molar-refractivity contribution in [3.05, 3.63) is 0 Å². The van der Waals surface area contributed by atoms with Crippen LogP contribution in [0.2, 0.25) is 0 Å². The van der Waals surface area contributed by atoms with E-state index in [1.807, 2.05) is 0 Å². The quantitative estimate of drug-likeness (QED) is 0.301. The predicted octanol–water partition coefficient (Wildman–Crippen LogP) is 0.799. The van der Waals surface area contributed by atoms with E-state index in [2.05, 4.69) is 10.2 Å². The van der Waals surface area contributed by atoms with Crippen LogP contribution in [0.4, 0.5) is 0 Å². The van der Waals surface area contributed by atoms with Crippen LogP contribution in [0.5, 0.6) is 0 Å². The van der Waals surface area contributed by atoms with Gasteiger partial charge in [-0.15, -0.1) is 0 Å². The summed E-state index contributed by atoms with van der Waals surface area (Å²) in [5.41, 5.74) is -1.70. The van der Waals surface area contributed by atoms with Crippen molar-refractivity contribution in [1.82, 2.24) is 9.80 Å². The number of hydrogen-bond donors (Lipinski definition) is 4. The van der Waals surface area contributed by atoms with E-state index in [0.717, 1.165) is 0 Å². The number of amidine groups is 2. The summed E-state index contributed by atoms with van der Waals surface area (Å²) in [5.74, 6) is 0.493. The Labute approximate surface area is 132 Å². The van der Waals surface area contributed by atoms with E-state index in [1.54, 1.807) is 51.6 Å². The molecule has 8 heteroatoms. The van der Waals surface area contributed by atoms with Gasteiger partial charge in [-0.2, -0.15) is 10.2 Å². The van der Waals surface area contributed by atoms with Gasteiger partial charge in [-0.25, -0.2) is 0 Å². The SMILES string of the molecule is CN(CCO)C(=N)C(C)(C)N=NC(C)(C)C(=N)N(C)CCO. The van der Waals surface area contributed by atoms with Crippen molar-refractivity contribution in [2.24, 2.45) is 10.2 Å². The van der Waals surface area contributed by atoms with Crippen LogP contribution in [0.1, 0.15) is 27.7 Å². The summed E-state index contributed by atoms with van der Waals surface area (Å²) in [5, 5.41) is 42.6. The fraction of sp³-hybridized carbons (Fsp3) is 0.857. The van der Waals surface area contributed by atoms with Crippen LogP contribution >= 0.6 is 0 Å². The van der Waals surface area contributed by atoms with E-state index >= 15 is 0 Å². The van der Waals surface area contributed by atoms with Crippen molar-refractivity contribution in [2.75, 3.05) is 40.4 Å². The van der Waals surface area contributed by atoms with Crippen molar-refractivity contribution >= 4 is 11.7 Å². The fourth-order valence-electron chi connectivity index (χ4n) is 1.80. The molecule has 0 radical (unpaired) electrons. The Morgan fingerprint density at radius 2 is 1.09 bits per heavy atom. The molecule has 0 atom stereocenters. The Kier molecular flexibility index (Phi) is 7.61. The molecule has 128 valence electrons. The predicted molar refractivity (Wildman–Crippen MR) is 87.9 cm³/mol. The largest absolute Gasteiger partial charge is 0.395 e. The first-order valence-corrected chi connectivity index (χ1v) is 7.25. The highest BCUT2D eigenvalue weighted by Crippen LogP contribution is 2.19. The van der Waals surface area contributed by atoms with Gasteiger partial charge < -0.3 is 20.0 Å². The molecule has 22 heavy (non-hydrogen) atoms. The van der Waals surface area contributed by atoms with Crippen LogP contribution in [-0.4, -0.2) is 83.2 Å². The molecule has 0 aromatic rings. The molecule has 0 aliphatic carbocycles. The first-order valence-electron chi connectivity index (χ1n) is 7.25. The molecule has 0 saturated heterocycles. The van der Waals surface area contributed by atoms with Crippen LogP contribution in [-0.2, 0) is 0 Å². The lowest BCUT2D eigenvalue weighted by molar-refractivity contribution is 0.257. The van der Waals surface area contributed by atoms with E-state index in [-0.39, 0.29) is 24.9 Å². The van der Waals surface area contributed by atoms with E-state index in [9.17, 15) is 0 Å². The highest BCUT2D eigenvalue weighted by molar-refractivity contribution is 5.89. The van der Waals surface area contributed by atoms with Gasteiger partial charge in [0, 0.05) is 27.2 Å².